The molecule has 0 fully saturated rings. The number of hydrogen-bond acceptors (Lipinski definition) is 4. The molecule has 0 spiro atoms. The number of aromatic nitrogens is 2. The highest BCUT2D eigenvalue weighted by atomic mass is 16.6. The molecule has 0 aliphatic carbocycles. The molecule has 5 heteroatoms. The van der Waals surface area contributed by atoms with E-state index in [1.54, 1.807) is 0 Å². The standard InChI is InChI=1S/C15H21N3O2/c16-6-4-2-1-3-5-15-17-11-9-13-14(10-12(11)18-15)20-8-7-19-13/h9-10H,1-8,16H2,(H,17,18). The van der Waals surface area contributed by atoms with Crippen LogP contribution < -0.4 is 15.2 Å². The van der Waals surface area contributed by atoms with Crippen molar-refractivity contribution in [3.8, 4) is 11.5 Å². The maximum Gasteiger partial charge on any atom is 0.163 e. The third kappa shape index (κ3) is 2.88. The molecule has 0 saturated heterocycles. The van der Waals surface area contributed by atoms with Gasteiger partial charge in [0, 0.05) is 18.6 Å². The van der Waals surface area contributed by atoms with Gasteiger partial charge in [-0.25, -0.2) is 4.98 Å². The van der Waals surface area contributed by atoms with Gasteiger partial charge in [0.2, 0.25) is 0 Å². The Labute approximate surface area is 118 Å². The molecule has 1 aromatic heterocycles. The third-order valence-electron chi connectivity index (χ3n) is 3.56. The van der Waals surface area contributed by atoms with E-state index in [1.807, 2.05) is 12.1 Å². The maximum atomic E-state index is 5.58. The molecule has 20 heavy (non-hydrogen) atoms. The fraction of sp³-hybridized carbons (Fsp3) is 0.533. The fourth-order valence-corrected chi connectivity index (χ4v) is 2.51. The summed E-state index contributed by atoms with van der Waals surface area (Å²) >= 11 is 0. The Hall–Kier alpha value is -1.75. The lowest BCUT2D eigenvalue weighted by Gasteiger charge is -2.17. The number of hydrogen-bond donors (Lipinski definition) is 2. The smallest absolute Gasteiger partial charge is 0.163 e. The first kappa shape index (κ1) is 13.2. The second-order valence-corrected chi connectivity index (χ2v) is 5.15. The van der Waals surface area contributed by atoms with Crippen LogP contribution >= 0.6 is 0 Å². The quantitative estimate of drug-likeness (QED) is 0.794. The molecule has 0 bridgehead atoms. The van der Waals surface area contributed by atoms with Crippen molar-refractivity contribution in [3.63, 3.8) is 0 Å². The van der Waals surface area contributed by atoms with Gasteiger partial charge in [0.05, 0.1) is 11.0 Å². The topological polar surface area (TPSA) is 73.2 Å². The number of benzene rings is 1. The number of fused-ring (bicyclic) bond motifs is 2. The van der Waals surface area contributed by atoms with Crippen molar-refractivity contribution in [2.24, 2.45) is 5.73 Å². The highest BCUT2D eigenvalue weighted by molar-refractivity contribution is 5.79. The largest absolute Gasteiger partial charge is 0.486 e. The molecule has 0 atom stereocenters. The lowest BCUT2D eigenvalue weighted by atomic mass is 10.1. The Bertz CT molecular complexity index is 537. The molecule has 5 nitrogen and oxygen atoms in total. The summed E-state index contributed by atoms with van der Waals surface area (Å²) in [6.45, 7) is 2.01. The van der Waals surface area contributed by atoms with Crippen molar-refractivity contribution in [2.45, 2.75) is 32.1 Å². The van der Waals surface area contributed by atoms with Crippen LogP contribution in [0, 0.1) is 0 Å². The molecule has 0 unspecified atom stereocenters. The predicted octanol–water partition coefficient (Wildman–Crippen LogP) is 2.40. The molecule has 2 heterocycles. The summed E-state index contributed by atoms with van der Waals surface area (Å²) in [4.78, 5) is 7.99. The fourth-order valence-electron chi connectivity index (χ4n) is 2.51. The number of rotatable bonds is 6. The number of nitrogens with two attached hydrogens (primary N) is 1. The first-order chi connectivity index (χ1) is 9.86. The molecule has 1 aliphatic heterocycles. The summed E-state index contributed by atoms with van der Waals surface area (Å²) in [5.41, 5.74) is 7.46. The molecule has 0 saturated carbocycles. The van der Waals surface area contributed by atoms with Gasteiger partial charge >= 0.3 is 0 Å². The number of nitrogens with one attached hydrogen (secondary N) is 1. The van der Waals surface area contributed by atoms with E-state index in [0.29, 0.717) is 13.2 Å². The highest BCUT2D eigenvalue weighted by Crippen LogP contribution is 2.33. The molecule has 2 aromatic rings. The Morgan fingerprint density at radius 3 is 2.60 bits per heavy atom. The molecule has 108 valence electrons. The number of aryl methyl sites for hydroxylation is 1. The van der Waals surface area contributed by atoms with Gasteiger partial charge in [-0.05, 0) is 19.4 Å². The van der Waals surface area contributed by atoms with Crippen molar-refractivity contribution in [1.82, 2.24) is 9.97 Å². The van der Waals surface area contributed by atoms with E-state index in [4.69, 9.17) is 15.2 Å². The number of imidazole rings is 1. The van der Waals surface area contributed by atoms with Crippen LogP contribution in [0.5, 0.6) is 11.5 Å². The van der Waals surface area contributed by atoms with Crippen LogP contribution in [-0.4, -0.2) is 29.7 Å². The number of nitrogens with zero attached hydrogens (tertiary/aromatic N) is 1. The first-order valence-electron chi connectivity index (χ1n) is 7.35. The lowest BCUT2D eigenvalue weighted by molar-refractivity contribution is 0.172. The summed E-state index contributed by atoms with van der Waals surface area (Å²) in [6.07, 6.45) is 5.64. The van der Waals surface area contributed by atoms with Crippen molar-refractivity contribution < 1.29 is 9.47 Å². The lowest BCUT2D eigenvalue weighted by Crippen LogP contribution is -2.15. The summed E-state index contributed by atoms with van der Waals surface area (Å²) in [7, 11) is 0. The van der Waals surface area contributed by atoms with E-state index in [0.717, 1.165) is 54.2 Å². The monoisotopic (exact) mass is 275 g/mol. The van der Waals surface area contributed by atoms with Crippen LogP contribution in [0.2, 0.25) is 0 Å². The Morgan fingerprint density at radius 2 is 1.80 bits per heavy atom. The number of unbranched alkanes of at least 4 members (excludes halogenated alkanes) is 3. The van der Waals surface area contributed by atoms with Gasteiger partial charge in [-0.2, -0.15) is 0 Å². The van der Waals surface area contributed by atoms with Crippen LogP contribution in [0.4, 0.5) is 0 Å². The van der Waals surface area contributed by atoms with Gasteiger partial charge < -0.3 is 20.2 Å². The van der Waals surface area contributed by atoms with Gasteiger partial charge in [0.25, 0.3) is 0 Å². The number of ether oxygens (including phenoxy) is 2. The second-order valence-electron chi connectivity index (χ2n) is 5.15. The minimum atomic E-state index is 0.608. The Morgan fingerprint density at radius 1 is 1.05 bits per heavy atom. The van der Waals surface area contributed by atoms with Crippen molar-refractivity contribution in [1.29, 1.82) is 0 Å². The maximum absolute atomic E-state index is 5.58. The third-order valence-corrected chi connectivity index (χ3v) is 3.56. The molecular formula is C15H21N3O2. The van der Waals surface area contributed by atoms with Gasteiger partial charge in [-0.1, -0.05) is 12.8 Å². The van der Waals surface area contributed by atoms with Crippen molar-refractivity contribution in [3.05, 3.63) is 18.0 Å². The van der Waals surface area contributed by atoms with Crippen molar-refractivity contribution in [2.75, 3.05) is 19.8 Å². The highest BCUT2D eigenvalue weighted by Gasteiger charge is 2.14. The zero-order chi connectivity index (χ0) is 13.8. The molecule has 3 rings (SSSR count). The van der Waals surface area contributed by atoms with Crippen LogP contribution in [-0.2, 0) is 6.42 Å². The normalized spacial score (nSPS) is 13.8. The average Bonchev–Trinajstić information content (AvgIpc) is 2.86. The minimum absolute atomic E-state index is 0.608. The summed E-state index contributed by atoms with van der Waals surface area (Å²) < 4.78 is 11.2. The average molecular weight is 275 g/mol. The van der Waals surface area contributed by atoms with Gasteiger partial charge in [-0.15, -0.1) is 0 Å². The molecular weight excluding hydrogens is 254 g/mol. The van der Waals surface area contributed by atoms with Crippen LogP contribution in [0.15, 0.2) is 12.1 Å². The van der Waals surface area contributed by atoms with E-state index in [1.165, 1.54) is 12.8 Å². The first-order valence-corrected chi connectivity index (χ1v) is 7.35. The van der Waals surface area contributed by atoms with E-state index in [2.05, 4.69) is 9.97 Å². The predicted molar refractivity (Wildman–Crippen MR) is 78.3 cm³/mol. The summed E-state index contributed by atoms with van der Waals surface area (Å²) in [6, 6.07) is 3.94. The number of H-pyrrole nitrogens is 1. The second kappa shape index (κ2) is 6.13. The molecule has 1 aliphatic rings. The van der Waals surface area contributed by atoms with E-state index < -0.39 is 0 Å². The zero-order valence-electron chi connectivity index (χ0n) is 11.7. The van der Waals surface area contributed by atoms with Crippen LogP contribution in [0.3, 0.4) is 0 Å². The van der Waals surface area contributed by atoms with E-state index in [9.17, 15) is 0 Å². The van der Waals surface area contributed by atoms with E-state index >= 15 is 0 Å². The SMILES string of the molecule is NCCCCCCc1nc2cc3c(cc2[nH]1)OCCO3. The van der Waals surface area contributed by atoms with Gasteiger partial charge in [-0.3, -0.25) is 0 Å². The summed E-state index contributed by atoms with van der Waals surface area (Å²) in [5.74, 6) is 2.64. The molecule has 3 N–H and O–H groups in total. The summed E-state index contributed by atoms with van der Waals surface area (Å²) in [5, 5.41) is 0. The Balaban J connectivity index is 1.67. The number of aromatic amines is 1. The van der Waals surface area contributed by atoms with Crippen molar-refractivity contribution >= 4 is 11.0 Å². The molecule has 0 amide bonds. The van der Waals surface area contributed by atoms with Crippen LogP contribution in [0.25, 0.3) is 11.0 Å². The minimum Gasteiger partial charge on any atom is -0.486 e. The molecule has 0 radical (unpaired) electrons. The van der Waals surface area contributed by atoms with E-state index in [-0.39, 0.29) is 0 Å². The Kier molecular flexibility index (Phi) is 4.06. The van der Waals surface area contributed by atoms with Gasteiger partial charge in [0.1, 0.15) is 19.0 Å². The van der Waals surface area contributed by atoms with Gasteiger partial charge in [0.15, 0.2) is 11.5 Å². The van der Waals surface area contributed by atoms with Crippen LogP contribution in [0.1, 0.15) is 31.5 Å². The zero-order valence-corrected chi connectivity index (χ0v) is 11.7. The molecule has 1 aromatic carbocycles.